The number of hydrogen-bond donors (Lipinski definition) is 1. The number of nitrogens with one attached hydrogen (secondary N) is 1. The second-order valence-electron chi connectivity index (χ2n) is 8.17. The van der Waals surface area contributed by atoms with Crippen LogP contribution in [-0.2, 0) is 11.2 Å². The number of piperazine rings is 1. The zero-order valence-electron chi connectivity index (χ0n) is 16.9. The van der Waals surface area contributed by atoms with Gasteiger partial charge in [0.15, 0.2) is 0 Å². The van der Waals surface area contributed by atoms with Gasteiger partial charge < -0.3 is 10.2 Å². The highest BCUT2D eigenvalue weighted by Gasteiger charge is 2.22. The summed E-state index contributed by atoms with van der Waals surface area (Å²) in [6.45, 7) is 7.86. The average Bonchev–Trinajstić information content (AvgIpc) is 3.15. The largest absolute Gasteiger partial charge is 0.369 e. The van der Waals surface area contributed by atoms with Crippen LogP contribution in [0.25, 0.3) is 0 Å². The third kappa shape index (κ3) is 4.74. The maximum atomic E-state index is 11.4. The molecule has 2 aromatic carbocycles. The van der Waals surface area contributed by atoms with Crippen LogP contribution in [0.4, 0.5) is 5.69 Å². The van der Waals surface area contributed by atoms with E-state index in [1.807, 2.05) is 0 Å². The van der Waals surface area contributed by atoms with Gasteiger partial charge in [-0.1, -0.05) is 36.4 Å². The molecule has 28 heavy (non-hydrogen) atoms. The first-order chi connectivity index (χ1) is 13.7. The van der Waals surface area contributed by atoms with Crippen molar-refractivity contribution in [3.05, 3.63) is 65.2 Å². The molecule has 2 aliphatic rings. The summed E-state index contributed by atoms with van der Waals surface area (Å²) in [7, 11) is 0. The molecule has 2 aromatic rings. The van der Waals surface area contributed by atoms with E-state index in [0.29, 0.717) is 6.42 Å². The maximum Gasteiger partial charge on any atom is 0.220 e. The van der Waals surface area contributed by atoms with Crippen LogP contribution in [0, 0.1) is 6.92 Å². The van der Waals surface area contributed by atoms with Crippen molar-refractivity contribution in [3.8, 4) is 0 Å². The van der Waals surface area contributed by atoms with Crippen molar-refractivity contribution in [2.75, 3.05) is 37.6 Å². The molecule has 0 aliphatic carbocycles. The zero-order chi connectivity index (χ0) is 19.3. The number of carbonyl (C=O) groups is 1. The zero-order valence-corrected chi connectivity index (χ0v) is 16.9. The second kappa shape index (κ2) is 8.78. The van der Waals surface area contributed by atoms with Gasteiger partial charge in [0.1, 0.15) is 0 Å². The van der Waals surface area contributed by atoms with Gasteiger partial charge in [0, 0.05) is 38.3 Å². The van der Waals surface area contributed by atoms with Crippen molar-refractivity contribution in [3.63, 3.8) is 0 Å². The van der Waals surface area contributed by atoms with Crippen molar-refractivity contribution in [1.82, 2.24) is 10.2 Å². The van der Waals surface area contributed by atoms with Crippen LogP contribution in [0.2, 0.25) is 0 Å². The lowest BCUT2D eigenvalue weighted by Gasteiger charge is -2.36. The molecule has 2 aliphatic heterocycles. The molecule has 2 fully saturated rings. The first kappa shape index (κ1) is 19.0. The van der Waals surface area contributed by atoms with E-state index in [2.05, 4.69) is 70.6 Å². The fraction of sp³-hybridized carbons (Fsp3) is 0.458. The molecule has 1 amide bonds. The summed E-state index contributed by atoms with van der Waals surface area (Å²) in [5.74, 6) is 0.177. The van der Waals surface area contributed by atoms with Gasteiger partial charge in [-0.2, -0.15) is 0 Å². The van der Waals surface area contributed by atoms with E-state index >= 15 is 0 Å². The monoisotopic (exact) mass is 377 g/mol. The van der Waals surface area contributed by atoms with Gasteiger partial charge in [0.05, 0.1) is 6.04 Å². The Labute approximate surface area is 168 Å². The number of benzene rings is 2. The third-order valence-corrected chi connectivity index (χ3v) is 6.06. The Balaban J connectivity index is 1.19. The quantitative estimate of drug-likeness (QED) is 0.834. The highest BCUT2D eigenvalue weighted by atomic mass is 16.1. The summed E-state index contributed by atoms with van der Waals surface area (Å²) in [4.78, 5) is 16.5. The van der Waals surface area contributed by atoms with E-state index in [1.54, 1.807) is 0 Å². The van der Waals surface area contributed by atoms with Crippen molar-refractivity contribution in [2.45, 2.75) is 38.6 Å². The van der Waals surface area contributed by atoms with Crippen molar-refractivity contribution in [1.29, 1.82) is 0 Å². The van der Waals surface area contributed by atoms with Gasteiger partial charge in [-0.15, -0.1) is 0 Å². The third-order valence-electron chi connectivity index (χ3n) is 6.06. The molecule has 4 rings (SSSR count). The smallest absolute Gasteiger partial charge is 0.220 e. The minimum atomic E-state index is 0.177. The molecule has 148 valence electrons. The van der Waals surface area contributed by atoms with Crippen LogP contribution in [-0.4, -0.2) is 43.5 Å². The Hall–Kier alpha value is -2.33. The first-order valence-corrected chi connectivity index (χ1v) is 10.6. The van der Waals surface area contributed by atoms with Crippen molar-refractivity contribution in [2.24, 2.45) is 0 Å². The van der Waals surface area contributed by atoms with Crippen LogP contribution < -0.4 is 10.2 Å². The number of carbonyl (C=O) groups excluding carboxylic acids is 1. The van der Waals surface area contributed by atoms with E-state index < -0.39 is 0 Å². The van der Waals surface area contributed by atoms with Gasteiger partial charge in [-0.3, -0.25) is 9.69 Å². The molecule has 0 radical (unpaired) electrons. The summed E-state index contributed by atoms with van der Waals surface area (Å²) in [6.07, 6.45) is 3.90. The van der Waals surface area contributed by atoms with Gasteiger partial charge in [0.2, 0.25) is 5.91 Å². The van der Waals surface area contributed by atoms with E-state index in [1.165, 1.54) is 35.3 Å². The fourth-order valence-corrected chi connectivity index (χ4v) is 4.34. The lowest BCUT2D eigenvalue weighted by molar-refractivity contribution is -0.119. The molecule has 4 heteroatoms. The SMILES string of the molecule is Cc1cccc(N2CCN(CCCc3ccc(C4CCC(=O)N4)cc3)CC2)c1. The number of amides is 1. The molecule has 0 bridgehead atoms. The number of hydrogen-bond acceptors (Lipinski definition) is 3. The van der Waals surface area contributed by atoms with E-state index in [9.17, 15) is 4.79 Å². The highest BCUT2D eigenvalue weighted by Crippen LogP contribution is 2.24. The van der Waals surface area contributed by atoms with Crippen LogP contribution in [0.15, 0.2) is 48.5 Å². The summed E-state index contributed by atoms with van der Waals surface area (Å²) in [5, 5.41) is 3.04. The van der Waals surface area contributed by atoms with Crippen LogP contribution in [0.5, 0.6) is 0 Å². The minimum Gasteiger partial charge on any atom is -0.369 e. The molecule has 2 saturated heterocycles. The number of aryl methyl sites for hydroxylation is 2. The first-order valence-electron chi connectivity index (χ1n) is 10.6. The van der Waals surface area contributed by atoms with Gasteiger partial charge in [-0.25, -0.2) is 0 Å². The highest BCUT2D eigenvalue weighted by molar-refractivity contribution is 5.78. The lowest BCUT2D eigenvalue weighted by atomic mass is 10.0. The number of anilines is 1. The Morgan fingerprint density at radius 2 is 1.82 bits per heavy atom. The predicted octanol–water partition coefficient (Wildman–Crippen LogP) is 3.70. The Kier molecular flexibility index (Phi) is 5.96. The van der Waals surface area contributed by atoms with Crippen LogP contribution in [0.3, 0.4) is 0 Å². The molecular weight excluding hydrogens is 346 g/mol. The second-order valence-corrected chi connectivity index (χ2v) is 8.17. The maximum absolute atomic E-state index is 11.4. The van der Waals surface area contributed by atoms with Crippen molar-refractivity contribution < 1.29 is 4.79 Å². The Morgan fingerprint density at radius 3 is 2.50 bits per heavy atom. The standard InChI is InChI=1S/C24H31N3O/c1-19-4-2-6-22(18-19)27-16-14-26(15-17-27)13-3-5-20-7-9-21(10-8-20)23-11-12-24(28)25-23/h2,4,6-10,18,23H,3,5,11-17H2,1H3,(H,25,28). The molecule has 4 nitrogen and oxygen atoms in total. The van der Waals surface area contributed by atoms with Gasteiger partial charge in [-0.05, 0) is 61.6 Å². The molecule has 0 spiro atoms. The molecule has 1 unspecified atom stereocenters. The molecule has 0 saturated carbocycles. The number of rotatable bonds is 6. The topological polar surface area (TPSA) is 35.6 Å². The van der Waals surface area contributed by atoms with Gasteiger partial charge in [0.25, 0.3) is 0 Å². The molecule has 0 aromatic heterocycles. The van der Waals surface area contributed by atoms with Crippen LogP contribution >= 0.6 is 0 Å². The van der Waals surface area contributed by atoms with Crippen LogP contribution in [0.1, 0.15) is 42.0 Å². The molecule has 1 N–H and O–H groups in total. The summed E-state index contributed by atoms with van der Waals surface area (Å²) < 4.78 is 0. The average molecular weight is 378 g/mol. The fourth-order valence-electron chi connectivity index (χ4n) is 4.34. The predicted molar refractivity (Wildman–Crippen MR) is 115 cm³/mol. The van der Waals surface area contributed by atoms with E-state index in [-0.39, 0.29) is 11.9 Å². The number of nitrogens with zero attached hydrogens (tertiary/aromatic N) is 2. The van der Waals surface area contributed by atoms with Gasteiger partial charge >= 0.3 is 0 Å². The van der Waals surface area contributed by atoms with E-state index in [4.69, 9.17) is 0 Å². The summed E-state index contributed by atoms with van der Waals surface area (Å²) >= 11 is 0. The Morgan fingerprint density at radius 1 is 1.04 bits per heavy atom. The van der Waals surface area contributed by atoms with Crippen molar-refractivity contribution >= 4 is 11.6 Å². The molecular formula is C24H31N3O. The van der Waals surface area contributed by atoms with E-state index in [0.717, 1.165) is 39.0 Å². The summed E-state index contributed by atoms with van der Waals surface area (Å²) in [6, 6.07) is 17.9. The summed E-state index contributed by atoms with van der Waals surface area (Å²) in [5.41, 5.74) is 5.33. The minimum absolute atomic E-state index is 0.177. The lowest BCUT2D eigenvalue weighted by Crippen LogP contribution is -2.46. The molecule has 1 atom stereocenters. The Bertz CT molecular complexity index is 794. The normalized spacial score (nSPS) is 20.4. The molecule has 2 heterocycles.